The summed E-state index contributed by atoms with van der Waals surface area (Å²) in [6, 6.07) is 10.5. The van der Waals surface area contributed by atoms with Gasteiger partial charge in [0.05, 0.1) is 29.0 Å². The quantitative estimate of drug-likeness (QED) is 0.302. The van der Waals surface area contributed by atoms with Crippen molar-refractivity contribution in [1.82, 2.24) is 10.2 Å². The summed E-state index contributed by atoms with van der Waals surface area (Å²) >= 11 is 5.29. The smallest absolute Gasteiger partial charge is 0.337 e. The molecule has 0 atom stereocenters. The van der Waals surface area contributed by atoms with Crippen LogP contribution in [0.15, 0.2) is 42.5 Å². The van der Waals surface area contributed by atoms with E-state index in [2.05, 4.69) is 27.5 Å². The lowest BCUT2D eigenvalue weighted by molar-refractivity contribution is -0.384. The second-order valence-corrected chi connectivity index (χ2v) is 7.64. The first-order valence-electron chi connectivity index (χ1n) is 9.81. The molecule has 0 radical (unpaired) electrons. The topological polar surface area (TPSA) is 117 Å². The molecule has 0 unspecified atom stereocenters. The SMILES string of the molecule is COC(=O)c1ccc(N2CCN(C)CC2)c(NC(=S)NC(=O)c2cccc([N+](=O)[O-])c2)c1. The van der Waals surface area contributed by atoms with Crippen molar-refractivity contribution in [3.05, 3.63) is 63.7 Å². The lowest BCUT2D eigenvalue weighted by Crippen LogP contribution is -2.45. The first-order valence-corrected chi connectivity index (χ1v) is 10.2. The van der Waals surface area contributed by atoms with Gasteiger partial charge in [-0.2, -0.15) is 0 Å². The van der Waals surface area contributed by atoms with Crippen molar-refractivity contribution in [1.29, 1.82) is 0 Å². The zero-order chi connectivity index (χ0) is 23.3. The first kappa shape index (κ1) is 23.1. The van der Waals surface area contributed by atoms with E-state index < -0.39 is 16.8 Å². The minimum atomic E-state index is -0.587. The van der Waals surface area contributed by atoms with Gasteiger partial charge in [0.2, 0.25) is 0 Å². The highest BCUT2D eigenvalue weighted by atomic mass is 32.1. The largest absolute Gasteiger partial charge is 0.465 e. The van der Waals surface area contributed by atoms with Gasteiger partial charge < -0.3 is 19.9 Å². The molecule has 2 N–H and O–H groups in total. The number of hydrogen-bond donors (Lipinski definition) is 2. The molecule has 0 bridgehead atoms. The molecular formula is C21H23N5O5S. The highest BCUT2D eigenvalue weighted by Gasteiger charge is 2.20. The van der Waals surface area contributed by atoms with Gasteiger partial charge in [-0.25, -0.2) is 4.79 Å². The van der Waals surface area contributed by atoms with Crippen LogP contribution in [0.2, 0.25) is 0 Å². The van der Waals surface area contributed by atoms with Gasteiger partial charge in [0.15, 0.2) is 5.11 Å². The fourth-order valence-electron chi connectivity index (χ4n) is 3.29. The number of piperazine rings is 1. The average molecular weight is 458 g/mol. The molecule has 2 aromatic carbocycles. The number of methoxy groups -OCH3 is 1. The lowest BCUT2D eigenvalue weighted by atomic mass is 10.1. The van der Waals surface area contributed by atoms with E-state index in [1.54, 1.807) is 12.1 Å². The number of nitrogens with zero attached hydrogens (tertiary/aromatic N) is 3. The summed E-state index contributed by atoms with van der Waals surface area (Å²) in [5.41, 5.74) is 1.62. The highest BCUT2D eigenvalue weighted by Crippen LogP contribution is 2.28. The number of non-ortho nitro benzene ring substituents is 1. The van der Waals surface area contributed by atoms with Gasteiger partial charge in [-0.3, -0.25) is 20.2 Å². The third kappa shape index (κ3) is 5.56. The summed E-state index contributed by atoms with van der Waals surface area (Å²) < 4.78 is 4.80. The average Bonchev–Trinajstić information content (AvgIpc) is 2.79. The van der Waals surface area contributed by atoms with Gasteiger partial charge in [-0.05, 0) is 43.5 Å². The number of ether oxygens (including phenoxy) is 1. The fourth-order valence-corrected chi connectivity index (χ4v) is 3.50. The van der Waals surface area contributed by atoms with E-state index in [-0.39, 0.29) is 16.4 Å². The Kier molecular flexibility index (Phi) is 7.33. The third-order valence-corrected chi connectivity index (χ3v) is 5.26. The Labute approximate surface area is 190 Å². The van der Waals surface area contributed by atoms with Crippen LogP contribution in [0.5, 0.6) is 0 Å². The zero-order valence-electron chi connectivity index (χ0n) is 17.7. The second-order valence-electron chi connectivity index (χ2n) is 7.23. The van der Waals surface area contributed by atoms with Gasteiger partial charge >= 0.3 is 5.97 Å². The molecule has 0 aliphatic carbocycles. The van der Waals surface area contributed by atoms with Crippen molar-refractivity contribution < 1.29 is 19.2 Å². The molecule has 1 amide bonds. The molecule has 0 spiro atoms. The molecule has 1 heterocycles. The van der Waals surface area contributed by atoms with Crippen molar-refractivity contribution in [3.8, 4) is 0 Å². The second kappa shape index (κ2) is 10.2. The van der Waals surface area contributed by atoms with Gasteiger partial charge in [-0.15, -0.1) is 0 Å². The molecule has 1 saturated heterocycles. The van der Waals surface area contributed by atoms with E-state index >= 15 is 0 Å². The number of hydrogen-bond acceptors (Lipinski definition) is 8. The lowest BCUT2D eigenvalue weighted by Gasteiger charge is -2.35. The van der Waals surface area contributed by atoms with Crippen LogP contribution in [-0.4, -0.2) is 67.1 Å². The summed E-state index contributed by atoms with van der Waals surface area (Å²) in [4.78, 5) is 39.3. The fraction of sp³-hybridized carbons (Fsp3) is 0.286. The molecule has 10 nitrogen and oxygen atoms in total. The van der Waals surface area contributed by atoms with Crippen molar-refractivity contribution in [2.24, 2.45) is 0 Å². The van der Waals surface area contributed by atoms with E-state index in [4.69, 9.17) is 17.0 Å². The van der Waals surface area contributed by atoms with Gasteiger partial charge in [0, 0.05) is 43.9 Å². The predicted molar refractivity (Wildman–Crippen MR) is 124 cm³/mol. The molecule has 11 heteroatoms. The van der Waals surface area contributed by atoms with Crippen LogP contribution < -0.4 is 15.5 Å². The summed E-state index contributed by atoms with van der Waals surface area (Å²) in [6.07, 6.45) is 0. The molecule has 1 aliphatic heterocycles. The Morgan fingerprint density at radius 3 is 2.47 bits per heavy atom. The molecule has 3 rings (SSSR count). The molecular weight excluding hydrogens is 434 g/mol. The van der Waals surface area contributed by atoms with E-state index in [0.717, 1.165) is 31.9 Å². The van der Waals surface area contributed by atoms with Crippen molar-refractivity contribution >= 4 is 46.3 Å². The van der Waals surface area contributed by atoms with Crippen LogP contribution in [0.3, 0.4) is 0 Å². The number of anilines is 2. The van der Waals surface area contributed by atoms with Crippen LogP contribution >= 0.6 is 12.2 Å². The summed E-state index contributed by atoms with van der Waals surface area (Å²) in [6.45, 7) is 3.34. The van der Waals surface area contributed by atoms with E-state index in [1.165, 1.54) is 31.4 Å². The number of rotatable bonds is 5. The zero-order valence-corrected chi connectivity index (χ0v) is 18.5. The monoisotopic (exact) mass is 457 g/mol. The van der Waals surface area contributed by atoms with Crippen LogP contribution in [0.25, 0.3) is 0 Å². The first-order chi connectivity index (χ1) is 15.3. The van der Waals surface area contributed by atoms with Crippen LogP contribution in [-0.2, 0) is 4.74 Å². The molecule has 168 valence electrons. The number of carbonyl (C=O) groups is 2. The highest BCUT2D eigenvalue weighted by molar-refractivity contribution is 7.80. The molecule has 0 saturated carbocycles. The van der Waals surface area contributed by atoms with Crippen LogP contribution in [0, 0.1) is 10.1 Å². The van der Waals surface area contributed by atoms with Crippen molar-refractivity contribution in [2.75, 3.05) is 50.6 Å². The molecule has 0 aromatic heterocycles. The Morgan fingerprint density at radius 1 is 1.09 bits per heavy atom. The maximum absolute atomic E-state index is 12.5. The normalized spacial score (nSPS) is 13.9. The number of nitro groups is 1. The summed E-state index contributed by atoms with van der Waals surface area (Å²) in [7, 11) is 3.35. The standard InChI is InChI=1S/C21H23N5O5S/c1-24-8-10-25(11-9-24)18-7-6-15(20(28)31-2)13-17(18)22-21(32)23-19(27)14-4-3-5-16(12-14)26(29)30/h3-7,12-13H,8-11H2,1-2H3,(H2,22,23,27,32). The predicted octanol–water partition coefficient (Wildman–Crippen LogP) is 2.26. The van der Waals surface area contributed by atoms with E-state index in [1.807, 2.05) is 6.07 Å². The van der Waals surface area contributed by atoms with E-state index in [9.17, 15) is 19.7 Å². The minimum Gasteiger partial charge on any atom is -0.465 e. The van der Waals surface area contributed by atoms with Crippen molar-refractivity contribution in [2.45, 2.75) is 0 Å². The van der Waals surface area contributed by atoms with Gasteiger partial charge in [0.25, 0.3) is 11.6 Å². The van der Waals surface area contributed by atoms with Gasteiger partial charge in [-0.1, -0.05) is 6.07 Å². The number of likely N-dealkylation sites (N-methyl/N-ethyl adjacent to an activating group) is 1. The number of amides is 1. The number of nitro benzene ring substituents is 1. The number of nitrogens with one attached hydrogen (secondary N) is 2. The summed E-state index contributed by atoms with van der Waals surface area (Å²) in [5, 5.41) is 16.5. The maximum atomic E-state index is 12.5. The molecule has 32 heavy (non-hydrogen) atoms. The maximum Gasteiger partial charge on any atom is 0.337 e. The third-order valence-electron chi connectivity index (χ3n) is 5.06. The minimum absolute atomic E-state index is 0.00102. The molecule has 2 aromatic rings. The number of carbonyl (C=O) groups excluding carboxylic acids is 2. The van der Waals surface area contributed by atoms with Crippen molar-refractivity contribution in [3.63, 3.8) is 0 Å². The molecule has 1 aliphatic rings. The Hall–Kier alpha value is -3.57. The molecule has 1 fully saturated rings. The van der Waals surface area contributed by atoms with Gasteiger partial charge in [0.1, 0.15) is 0 Å². The number of esters is 1. The van der Waals surface area contributed by atoms with Crippen LogP contribution in [0.4, 0.5) is 17.1 Å². The Morgan fingerprint density at radius 2 is 1.81 bits per heavy atom. The Bertz CT molecular complexity index is 1050. The Balaban J connectivity index is 1.80. The van der Waals surface area contributed by atoms with E-state index in [0.29, 0.717) is 11.3 Å². The number of thiocarbonyl (C=S) groups is 1. The number of benzene rings is 2. The van der Waals surface area contributed by atoms with Crippen LogP contribution in [0.1, 0.15) is 20.7 Å². The summed E-state index contributed by atoms with van der Waals surface area (Å²) in [5.74, 6) is -1.08.